The third kappa shape index (κ3) is 6.02. The molecule has 1 aliphatic heterocycles. The van der Waals surface area contributed by atoms with Gasteiger partial charge in [-0.1, -0.05) is 19.1 Å². The summed E-state index contributed by atoms with van der Waals surface area (Å²) in [6.45, 7) is 3.89. The van der Waals surface area contributed by atoms with Crippen molar-refractivity contribution in [3.05, 3.63) is 35.6 Å². The van der Waals surface area contributed by atoms with Crippen LogP contribution in [0.2, 0.25) is 0 Å². The van der Waals surface area contributed by atoms with E-state index in [0.717, 1.165) is 44.3 Å². The number of rotatable bonds is 5. The van der Waals surface area contributed by atoms with Crippen molar-refractivity contribution in [3.63, 3.8) is 0 Å². The van der Waals surface area contributed by atoms with Crippen LogP contribution in [0.4, 0.5) is 4.39 Å². The average Bonchev–Trinajstić information content (AvgIpc) is 2.46. The van der Waals surface area contributed by atoms with Crippen LogP contribution in [-0.2, 0) is 11.2 Å². The lowest BCUT2D eigenvalue weighted by molar-refractivity contribution is -0.125. The first-order chi connectivity index (χ1) is 9.65. The van der Waals surface area contributed by atoms with Crippen LogP contribution in [0.5, 0.6) is 0 Å². The van der Waals surface area contributed by atoms with Crippen molar-refractivity contribution >= 4 is 18.3 Å². The molecule has 1 heterocycles. The van der Waals surface area contributed by atoms with Gasteiger partial charge in [-0.3, -0.25) is 4.79 Å². The van der Waals surface area contributed by atoms with Gasteiger partial charge in [0, 0.05) is 12.0 Å². The second-order valence-electron chi connectivity index (χ2n) is 5.60. The number of carbonyl (C=O) groups is 1. The molecule has 1 aromatic carbocycles. The summed E-state index contributed by atoms with van der Waals surface area (Å²) in [4.78, 5) is 12.1. The molecule has 3 nitrogen and oxygen atoms in total. The highest BCUT2D eigenvalue weighted by atomic mass is 35.5. The lowest BCUT2D eigenvalue weighted by atomic mass is 9.99. The van der Waals surface area contributed by atoms with Crippen LogP contribution in [-0.4, -0.2) is 25.0 Å². The zero-order chi connectivity index (χ0) is 14.4. The highest BCUT2D eigenvalue weighted by Gasteiger charge is 2.19. The maximum atomic E-state index is 13.1. The van der Waals surface area contributed by atoms with Crippen molar-refractivity contribution in [2.45, 2.75) is 38.6 Å². The smallest absolute Gasteiger partial charge is 0.223 e. The zero-order valence-electron chi connectivity index (χ0n) is 12.4. The van der Waals surface area contributed by atoms with Gasteiger partial charge in [0.15, 0.2) is 0 Å². The van der Waals surface area contributed by atoms with Crippen LogP contribution in [0.1, 0.15) is 31.7 Å². The summed E-state index contributed by atoms with van der Waals surface area (Å²) >= 11 is 0. The van der Waals surface area contributed by atoms with Crippen LogP contribution in [0.25, 0.3) is 0 Å². The van der Waals surface area contributed by atoms with Crippen molar-refractivity contribution in [1.82, 2.24) is 10.6 Å². The molecule has 21 heavy (non-hydrogen) atoms. The normalized spacial score (nSPS) is 16.9. The maximum absolute atomic E-state index is 13.1. The SMILES string of the molecule is CC(CCc1cccc(F)c1)C(=O)NC1CCNCC1.Cl. The number of piperidine rings is 1. The number of benzene rings is 1. The van der Waals surface area contributed by atoms with Gasteiger partial charge in [-0.25, -0.2) is 4.39 Å². The van der Waals surface area contributed by atoms with E-state index in [-0.39, 0.29) is 30.0 Å². The number of carbonyl (C=O) groups excluding carboxylic acids is 1. The van der Waals surface area contributed by atoms with Gasteiger partial charge < -0.3 is 10.6 Å². The minimum absolute atomic E-state index is 0. The van der Waals surface area contributed by atoms with Gasteiger partial charge in [0.2, 0.25) is 5.91 Å². The average molecular weight is 315 g/mol. The van der Waals surface area contributed by atoms with E-state index >= 15 is 0 Å². The molecule has 5 heteroatoms. The van der Waals surface area contributed by atoms with Gasteiger partial charge in [0.25, 0.3) is 0 Å². The minimum atomic E-state index is -0.214. The molecule has 1 amide bonds. The molecule has 1 unspecified atom stereocenters. The highest BCUT2D eigenvalue weighted by molar-refractivity contribution is 5.85. The second-order valence-corrected chi connectivity index (χ2v) is 5.60. The molecule has 1 saturated heterocycles. The Morgan fingerprint density at radius 1 is 1.43 bits per heavy atom. The summed E-state index contributed by atoms with van der Waals surface area (Å²) in [6.07, 6.45) is 3.49. The van der Waals surface area contributed by atoms with E-state index in [0.29, 0.717) is 6.04 Å². The number of nitrogens with one attached hydrogen (secondary N) is 2. The second kappa shape index (κ2) is 9.00. The standard InChI is InChI=1S/C16H23FN2O.ClH/c1-12(5-6-13-3-2-4-14(17)11-13)16(20)19-15-7-9-18-10-8-15;/h2-4,11-12,15,18H,5-10H2,1H3,(H,19,20);1H. The maximum Gasteiger partial charge on any atom is 0.223 e. The molecule has 1 aliphatic rings. The topological polar surface area (TPSA) is 41.1 Å². The fourth-order valence-corrected chi connectivity index (χ4v) is 2.52. The summed E-state index contributed by atoms with van der Waals surface area (Å²) in [7, 11) is 0. The van der Waals surface area contributed by atoms with E-state index in [9.17, 15) is 9.18 Å². The number of amides is 1. The molecule has 0 aliphatic carbocycles. The molecule has 2 N–H and O–H groups in total. The molecule has 1 fully saturated rings. The minimum Gasteiger partial charge on any atom is -0.353 e. The predicted molar refractivity (Wildman–Crippen MR) is 85.2 cm³/mol. The van der Waals surface area contributed by atoms with Crippen molar-refractivity contribution in [3.8, 4) is 0 Å². The van der Waals surface area contributed by atoms with E-state index < -0.39 is 0 Å². The van der Waals surface area contributed by atoms with Gasteiger partial charge in [0.1, 0.15) is 5.82 Å². The third-order valence-electron chi connectivity index (χ3n) is 3.89. The molecule has 0 spiro atoms. The van der Waals surface area contributed by atoms with E-state index in [1.807, 2.05) is 13.0 Å². The fraction of sp³-hybridized carbons (Fsp3) is 0.562. The molecular weight excluding hydrogens is 291 g/mol. The fourth-order valence-electron chi connectivity index (χ4n) is 2.52. The molecule has 0 radical (unpaired) electrons. The van der Waals surface area contributed by atoms with E-state index in [1.165, 1.54) is 12.1 Å². The van der Waals surface area contributed by atoms with Gasteiger partial charge in [-0.05, 0) is 56.5 Å². The molecule has 1 atom stereocenters. The summed E-state index contributed by atoms with van der Waals surface area (Å²) in [5.41, 5.74) is 0.950. The molecule has 0 bridgehead atoms. The summed E-state index contributed by atoms with van der Waals surface area (Å²) in [6, 6.07) is 6.90. The number of hydrogen-bond donors (Lipinski definition) is 2. The molecular formula is C16H24ClFN2O. The molecule has 118 valence electrons. The number of halogens is 2. The number of aryl methyl sites for hydroxylation is 1. The number of hydrogen-bond acceptors (Lipinski definition) is 2. The van der Waals surface area contributed by atoms with Crippen LogP contribution in [0.15, 0.2) is 24.3 Å². The van der Waals surface area contributed by atoms with Crippen molar-refractivity contribution < 1.29 is 9.18 Å². The van der Waals surface area contributed by atoms with Crippen molar-refractivity contribution in [2.75, 3.05) is 13.1 Å². The van der Waals surface area contributed by atoms with Crippen LogP contribution < -0.4 is 10.6 Å². The summed E-state index contributed by atoms with van der Waals surface area (Å²) in [5, 5.41) is 6.40. The van der Waals surface area contributed by atoms with Crippen LogP contribution >= 0.6 is 12.4 Å². The van der Waals surface area contributed by atoms with E-state index in [1.54, 1.807) is 6.07 Å². The first-order valence-electron chi connectivity index (χ1n) is 7.40. The first-order valence-corrected chi connectivity index (χ1v) is 7.40. The monoisotopic (exact) mass is 314 g/mol. The van der Waals surface area contributed by atoms with E-state index in [4.69, 9.17) is 0 Å². The summed E-state index contributed by atoms with van der Waals surface area (Å²) < 4.78 is 13.1. The van der Waals surface area contributed by atoms with Crippen LogP contribution in [0, 0.1) is 11.7 Å². The molecule has 1 aromatic rings. The molecule has 0 aromatic heterocycles. The van der Waals surface area contributed by atoms with E-state index in [2.05, 4.69) is 10.6 Å². The van der Waals surface area contributed by atoms with Crippen LogP contribution in [0.3, 0.4) is 0 Å². The lowest BCUT2D eigenvalue weighted by Gasteiger charge is -2.25. The Balaban J connectivity index is 0.00000220. The lowest BCUT2D eigenvalue weighted by Crippen LogP contribution is -2.44. The third-order valence-corrected chi connectivity index (χ3v) is 3.89. The van der Waals surface area contributed by atoms with Gasteiger partial charge in [-0.15, -0.1) is 12.4 Å². The molecule has 2 rings (SSSR count). The Labute approximate surface area is 132 Å². The Morgan fingerprint density at radius 3 is 2.81 bits per heavy atom. The van der Waals surface area contributed by atoms with Crippen molar-refractivity contribution in [2.24, 2.45) is 5.92 Å². The molecule has 0 saturated carbocycles. The van der Waals surface area contributed by atoms with Gasteiger partial charge >= 0.3 is 0 Å². The highest BCUT2D eigenvalue weighted by Crippen LogP contribution is 2.12. The van der Waals surface area contributed by atoms with Crippen molar-refractivity contribution in [1.29, 1.82) is 0 Å². The Morgan fingerprint density at radius 2 is 2.14 bits per heavy atom. The quantitative estimate of drug-likeness (QED) is 0.877. The Hall–Kier alpha value is -1.13. The predicted octanol–water partition coefficient (Wildman–Crippen LogP) is 2.68. The Bertz CT molecular complexity index is 450. The Kier molecular flexibility index (Phi) is 7.68. The van der Waals surface area contributed by atoms with Gasteiger partial charge in [-0.2, -0.15) is 0 Å². The summed E-state index contributed by atoms with van der Waals surface area (Å²) in [5.74, 6) is -0.129. The first kappa shape index (κ1) is 17.9. The zero-order valence-corrected chi connectivity index (χ0v) is 13.2. The van der Waals surface area contributed by atoms with Gasteiger partial charge in [0.05, 0.1) is 0 Å². The largest absolute Gasteiger partial charge is 0.353 e.